The third kappa shape index (κ3) is 2.70. The number of likely N-dealkylation sites (tertiary alicyclic amines) is 1. The third-order valence-corrected chi connectivity index (χ3v) is 5.80. The van der Waals surface area contributed by atoms with Gasteiger partial charge in [-0.3, -0.25) is 9.59 Å². The fourth-order valence-electron chi connectivity index (χ4n) is 4.73. The molecule has 2 atom stereocenters. The van der Waals surface area contributed by atoms with E-state index >= 15 is 0 Å². The summed E-state index contributed by atoms with van der Waals surface area (Å²) in [6.45, 7) is 1.85. The Morgan fingerprint density at radius 1 is 1.00 bits per heavy atom. The zero-order valence-electron chi connectivity index (χ0n) is 12.1. The van der Waals surface area contributed by atoms with Crippen LogP contribution >= 0.6 is 0 Å². The van der Waals surface area contributed by atoms with Crippen molar-refractivity contribution in [2.75, 3.05) is 13.1 Å². The Morgan fingerprint density at radius 3 is 2.15 bits per heavy atom. The quantitative estimate of drug-likeness (QED) is 0.860. The van der Waals surface area contributed by atoms with E-state index < -0.39 is 5.97 Å². The predicted octanol–water partition coefficient (Wildman–Crippen LogP) is 2.67. The van der Waals surface area contributed by atoms with Crippen LogP contribution in [0.4, 0.5) is 0 Å². The minimum absolute atomic E-state index is 0.166. The summed E-state index contributed by atoms with van der Waals surface area (Å²) in [5, 5.41) is 9.12. The van der Waals surface area contributed by atoms with E-state index in [4.69, 9.17) is 5.11 Å². The number of carbonyl (C=O) groups is 2. The van der Waals surface area contributed by atoms with Crippen molar-refractivity contribution < 1.29 is 14.7 Å². The molecule has 0 aromatic carbocycles. The number of nitrogens with zero attached hydrogens (tertiary/aromatic N) is 1. The highest BCUT2D eigenvalue weighted by Gasteiger charge is 2.42. The van der Waals surface area contributed by atoms with Gasteiger partial charge in [0.05, 0.1) is 6.42 Å². The summed E-state index contributed by atoms with van der Waals surface area (Å²) in [4.78, 5) is 25.7. The lowest BCUT2D eigenvalue weighted by molar-refractivity contribution is -0.141. The van der Waals surface area contributed by atoms with E-state index in [1.54, 1.807) is 0 Å². The standard InChI is InChI=1S/C16H25NO3/c18-14(17-10-12-4-3-5-13(12)11-17)8-16(9-15(19)20)6-1-2-7-16/h12-13H,1-11H2,(H,19,20). The zero-order chi connectivity index (χ0) is 14.2. The number of aliphatic carboxylic acids is 1. The molecule has 2 aliphatic carbocycles. The fourth-order valence-corrected chi connectivity index (χ4v) is 4.73. The van der Waals surface area contributed by atoms with Crippen molar-refractivity contribution in [1.29, 1.82) is 0 Å². The van der Waals surface area contributed by atoms with E-state index in [-0.39, 0.29) is 17.7 Å². The molecule has 0 spiro atoms. The molecular formula is C16H25NO3. The molecule has 0 bridgehead atoms. The highest BCUT2D eigenvalue weighted by Crippen LogP contribution is 2.45. The number of carboxylic acids is 1. The summed E-state index contributed by atoms with van der Waals surface area (Å²) in [5.74, 6) is 0.899. The van der Waals surface area contributed by atoms with Crippen LogP contribution in [-0.4, -0.2) is 35.0 Å². The van der Waals surface area contributed by atoms with Crippen LogP contribution in [-0.2, 0) is 9.59 Å². The number of hydrogen-bond donors (Lipinski definition) is 1. The lowest BCUT2D eigenvalue weighted by atomic mass is 9.79. The Kier molecular flexibility index (Phi) is 3.74. The Morgan fingerprint density at radius 2 is 1.60 bits per heavy atom. The smallest absolute Gasteiger partial charge is 0.303 e. The maximum Gasteiger partial charge on any atom is 0.303 e. The van der Waals surface area contributed by atoms with Crippen LogP contribution in [0, 0.1) is 17.3 Å². The van der Waals surface area contributed by atoms with Crippen molar-refractivity contribution >= 4 is 11.9 Å². The first kappa shape index (κ1) is 13.9. The predicted molar refractivity (Wildman–Crippen MR) is 75.2 cm³/mol. The normalized spacial score (nSPS) is 31.5. The molecule has 20 heavy (non-hydrogen) atoms. The van der Waals surface area contributed by atoms with Crippen molar-refractivity contribution in [1.82, 2.24) is 4.90 Å². The summed E-state index contributed by atoms with van der Waals surface area (Å²) in [6, 6.07) is 0. The van der Waals surface area contributed by atoms with Gasteiger partial charge < -0.3 is 10.0 Å². The highest BCUT2D eigenvalue weighted by atomic mass is 16.4. The molecule has 1 saturated heterocycles. The van der Waals surface area contributed by atoms with Gasteiger partial charge in [0.15, 0.2) is 0 Å². The molecule has 1 aliphatic heterocycles. The van der Waals surface area contributed by atoms with Crippen molar-refractivity contribution in [2.24, 2.45) is 17.3 Å². The molecular weight excluding hydrogens is 254 g/mol. The minimum Gasteiger partial charge on any atom is -0.481 e. The third-order valence-electron chi connectivity index (χ3n) is 5.80. The molecule has 4 nitrogen and oxygen atoms in total. The first-order chi connectivity index (χ1) is 9.58. The van der Waals surface area contributed by atoms with E-state index in [0.29, 0.717) is 6.42 Å². The molecule has 2 unspecified atom stereocenters. The largest absolute Gasteiger partial charge is 0.481 e. The topological polar surface area (TPSA) is 57.6 Å². The van der Waals surface area contributed by atoms with Gasteiger partial charge in [-0.25, -0.2) is 0 Å². The van der Waals surface area contributed by atoms with Gasteiger partial charge in [-0.1, -0.05) is 19.3 Å². The zero-order valence-corrected chi connectivity index (χ0v) is 12.1. The molecule has 1 amide bonds. The second-order valence-corrected chi connectivity index (χ2v) is 7.20. The highest BCUT2D eigenvalue weighted by molar-refractivity contribution is 5.78. The summed E-state index contributed by atoms with van der Waals surface area (Å²) in [6.07, 6.45) is 8.46. The van der Waals surface area contributed by atoms with Crippen LogP contribution in [0.2, 0.25) is 0 Å². The van der Waals surface area contributed by atoms with Crippen LogP contribution < -0.4 is 0 Å². The molecule has 1 heterocycles. The Bertz CT molecular complexity index is 389. The molecule has 112 valence electrons. The summed E-state index contributed by atoms with van der Waals surface area (Å²) >= 11 is 0. The maximum absolute atomic E-state index is 12.6. The van der Waals surface area contributed by atoms with Crippen molar-refractivity contribution in [2.45, 2.75) is 57.8 Å². The molecule has 4 heteroatoms. The molecule has 3 rings (SSSR count). The Balaban J connectivity index is 1.61. The van der Waals surface area contributed by atoms with Gasteiger partial charge in [0.25, 0.3) is 0 Å². The number of fused-ring (bicyclic) bond motifs is 1. The van der Waals surface area contributed by atoms with Gasteiger partial charge in [0.2, 0.25) is 5.91 Å². The van der Waals surface area contributed by atoms with Crippen LogP contribution in [0.3, 0.4) is 0 Å². The molecule has 3 fully saturated rings. The molecule has 1 N–H and O–H groups in total. The molecule has 3 aliphatic rings. The van der Waals surface area contributed by atoms with Crippen LogP contribution in [0.15, 0.2) is 0 Å². The molecule has 0 aromatic heterocycles. The number of carbonyl (C=O) groups excluding carboxylic acids is 1. The van der Waals surface area contributed by atoms with E-state index in [0.717, 1.165) is 50.6 Å². The van der Waals surface area contributed by atoms with Crippen molar-refractivity contribution in [3.05, 3.63) is 0 Å². The lowest BCUT2D eigenvalue weighted by Gasteiger charge is -2.29. The molecule has 0 radical (unpaired) electrons. The average Bonchev–Trinajstić information content (AvgIpc) is 3.01. The summed E-state index contributed by atoms with van der Waals surface area (Å²) in [5.41, 5.74) is -0.249. The van der Waals surface area contributed by atoms with Crippen LogP contribution in [0.25, 0.3) is 0 Å². The van der Waals surface area contributed by atoms with Crippen LogP contribution in [0.1, 0.15) is 57.8 Å². The second-order valence-electron chi connectivity index (χ2n) is 7.20. The van der Waals surface area contributed by atoms with E-state index in [2.05, 4.69) is 0 Å². The average molecular weight is 279 g/mol. The molecule has 0 aromatic rings. The number of amides is 1. The monoisotopic (exact) mass is 279 g/mol. The number of rotatable bonds is 4. The summed E-state index contributed by atoms with van der Waals surface area (Å²) < 4.78 is 0. The van der Waals surface area contributed by atoms with Gasteiger partial charge in [-0.2, -0.15) is 0 Å². The first-order valence-corrected chi connectivity index (χ1v) is 8.08. The Labute approximate surface area is 120 Å². The fraction of sp³-hybridized carbons (Fsp3) is 0.875. The Hall–Kier alpha value is -1.06. The minimum atomic E-state index is -0.752. The van der Waals surface area contributed by atoms with Crippen molar-refractivity contribution in [3.63, 3.8) is 0 Å². The van der Waals surface area contributed by atoms with Gasteiger partial charge in [0, 0.05) is 19.5 Å². The molecule has 2 saturated carbocycles. The van der Waals surface area contributed by atoms with E-state index in [1.165, 1.54) is 19.3 Å². The van der Waals surface area contributed by atoms with Crippen molar-refractivity contribution in [3.8, 4) is 0 Å². The van der Waals surface area contributed by atoms with E-state index in [1.807, 2.05) is 4.90 Å². The number of hydrogen-bond acceptors (Lipinski definition) is 2. The number of carboxylic acid groups (broad SMARTS) is 1. The second kappa shape index (κ2) is 5.38. The summed E-state index contributed by atoms with van der Waals surface area (Å²) in [7, 11) is 0. The van der Waals surface area contributed by atoms with Gasteiger partial charge >= 0.3 is 5.97 Å². The van der Waals surface area contributed by atoms with E-state index in [9.17, 15) is 9.59 Å². The first-order valence-electron chi connectivity index (χ1n) is 8.08. The SMILES string of the molecule is O=C(O)CC1(CC(=O)N2CC3CCCC3C2)CCCC1. The van der Waals surface area contributed by atoms with Gasteiger partial charge in [0.1, 0.15) is 0 Å². The van der Waals surface area contributed by atoms with Gasteiger partial charge in [-0.15, -0.1) is 0 Å². The van der Waals surface area contributed by atoms with Crippen LogP contribution in [0.5, 0.6) is 0 Å². The van der Waals surface area contributed by atoms with Gasteiger partial charge in [-0.05, 0) is 42.9 Å². The maximum atomic E-state index is 12.6. The lowest BCUT2D eigenvalue weighted by Crippen LogP contribution is -2.35.